The zero-order valence-electron chi connectivity index (χ0n) is 15.8. The molecule has 1 aromatic carbocycles. The van der Waals surface area contributed by atoms with Crippen molar-refractivity contribution in [3.05, 3.63) is 66.1 Å². The number of nitrogen functional groups attached to an aromatic ring is 1. The largest absolute Gasteiger partial charge is 0.384 e. The van der Waals surface area contributed by atoms with E-state index in [9.17, 15) is 9.18 Å². The highest BCUT2D eigenvalue weighted by atomic mass is 19.1. The van der Waals surface area contributed by atoms with E-state index in [-0.39, 0.29) is 11.7 Å². The SMILES string of the molecule is Nc1ccnc(N2CC(Cc3ccccc3F)(C(=O)NCCc3cnc[nH]3)C2)n1. The lowest BCUT2D eigenvalue weighted by atomic mass is 9.73. The van der Waals surface area contributed by atoms with Gasteiger partial charge in [0.15, 0.2) is 0 Å². The van der Waals surface area contributed by atoms with Gasteiger partial charge in [0.1, 0.15) is 11.6 Å². The molecule has 0 spiro atoms. The van der Waals surface area contributed by atoms with E-state index in [1.54, 1.807) is 43.0 Å². The van der Waals surface area contributed by atoms with Crippen molar-refractivity contribution in [2.45, 2.75) is 12.8 Å². The van der Waals surface area contributed by atoms with Crippen LogP contribution in [0.25, 0.3) is 0 Å². The first-order valence-electron chi connectivity index (χ1n) is 9.38. The van der Waals surface area contributed by atoms with Crippen molar-refractivity contribution >= 4 is 17.7 Å². The number of carbonyl (C=O) groups is 1. The van der Waals surface area contributed by atoms with Gasteiger partial charge in [-0.25, -0.2) is 14.4 Å². The van der Waals surface area contributed by atoms with Gasteiger partial charge in [0.25, 0.3) is 0 Å². The van der Waals surface area contributed by atoms with Gasteiger partial charge in [-0.05, 0) is 24.1 Å². The molecule has 1 aliphatic heterocycles. The Hall–Kier alpha value is -3.49. The lowest BCUT2D eigenvalue weighted by Gasteiger charge is -2.49. The second kappa shape index (κ2) is 7.86. The first-order valence-corrected chi connectivity index (χ1v) is 9.38. The predicted molar refractivity (Wildman–Crippen MR) is 106 cm³/mol. The van der Waals surface area contributed by atoms with Gasteiger partial charge in [0.2, 0.25) is 11.9 Å². The molecule has 3 heterocycles. The van der Waals surface area contributed by atoms with E-state index in [1.807, 2.05) is 4.90 Å². The number of amides is 1. The van der Waals surface area contributed by atoms with Crippen LogP contribution in [0, 0.1) is 11.2 Å². The Morgan fingerprint density at radius 3 is 2.86 bits per heavy atom. The van der Waals surface area contributed by atoms with Crippen LogP contribution >= 0.6 is 0 Å². The van der Waals surface area contributed by atoms with E-state index in [0.717, 1.165) is 5.69 Å². The fraction of sp³-hybridized carbons (Fsp3) is 0.300. The third-order valence-electron chi connectivity index (χ3n) is 5.14. The number of rotatable bonds is 7. The predicted octanol–water partition coefficient (Wildman–Crippen LogP) is 1.33. The van der Waals surface area contributed by atoms with Crippen molar-refractivity contribution < 1.29 is 9.18 Å². The standard InChI is InChI=1S/C20H22FN7O/c21-16-4-2-1-3-14(16)9-20(18(29)24-7-5-15-10-23-13-26-15)11-28(12-20)19-25-8-6-17(22)27-19/h1-4,6,8,10,13H,5,7,9,11-12H2,(H,23,26)(H,24,29)(H2,22,25,27). The molecule has 4 N–H and O–H groups in total. The van der Waals surface area contributed by atoms with Gasteiger partial charge in [0.05, 0.1) is 11.7 Å². The highest BCUT2D eigenvalue weighted by Gasteiger charge is 2.50. The molecule has 0 aliphatic carbocycles. The normalized spacial score (nSPS) is 15.0. The average molecular weight is 395 g/mol. The number of imidazole rings is 1. The molecule has 0 unspecified atom stereocenters. The lowest BCUT2D eigenvalue weighted by Crippen LogP contribution is -2.65. The number of aromatic amines is 1. The third-order valence-corrected chi connectivity index (χ3v) is 5.14. The molecule has 1 aliphatic rings. The number of anilines is 2. The number of nitrogens with zero attached hydrogens (tertiary/aromatic N) is 4. The summed E-state index contributed by atoms with van der Waals surface area (Å²) in [6.07, 6.45) is 5.85. The molecule has 8 nitrogen and oxygen atoms in total. The third kappa shape index (κ3) is 4.03. The van der Waals surface area contributed by atoms with E-state index in [1.165, 1.54) is 6.07 Å². The zero-order chi connectivity index (χ0) is 20.3. The molecule has 3 aromatic rings. The van der Waals surface area contributed by atoms with E-state index >= 15 is 0 Å². The van der Waals surface area contributed by atoms with Crippen LogP contribution in [0.15, 0.2) is 49.1 Å². The zero-order valence-corrected chi connectivity index (χ0v) is 15.8. The maximum absolute atomic E-state index is 14.3. The fourth-order valence-electron chi connectivity index (χ4n) is 3.60. The second-order valence-electron chi connectivity index (χ2n) is 7.27. The number of benzene rings is 1. The summed E-state index contributed by atoms with van der Waals surface area (Å²) in [6.45, 7) is 1.25. The summed E-state index contributed by atoms with van der Waals surface area (Å²) in [6, 6.07) is 8.16. The highest BCUT2D eigenvalue weighted by Crippen LogP contribution is 2.37. The molecule has 0 atom stereocenters. The molecular formula is C20H22FN7O. The number of H-pyrrole nitrogens is 1. The number of carbonyl (C=O) groups excluding carboxylic acids is 1. The van der Waals surface area contributed by atoms with E-state index in [2.05, 4.69) is 25.3 Å². The molecule has 0 radical (unpaired) electrons. The molecule has 4 rings (SSSR count). The number of halogens is 1. The van der Waals surface area contributed by atoms with Crippen molar-refractivity contribution in [2.24, 2.45) is 5.41 Å². The van der Waals surface area contributed by atoms with Crippen molar-refractivity contribution in [3.8, 4) is 0 Å². The summed E-state index contributed by atoms with van der Waals surface area (Å²) >= 11 is 0. The fourth-order valence-corrected chi connectivity index (χ4v) is 3.60. The summed E-state index contributed by atoms with van der Waals surface area (Å²) in [5.74, 6) is 0.418. The van der Waals surface area contributed by atoms with Crippen LogP contribution in [-0.4, -0.2) is 45.5 Å². The minimum atomic E-state index is -0.760. The van der Waals surface area contributed by atoms with Gasteiger partial charge in [-0.3, -0.25) is 4.79 Å². The van der Waals surface area contributed by atoms with E-state index in [4.69, 9.17) is 5.73 Å². The minimum Gasteiger partial charge on any atom is -0.384 e. The molecule has 29 heavy (non-hydrogen) atoms. The highest BCUT2D eigenvalue weighted by molar-refractivity contribution is 5.86. The first kappa shape index (κ1) is 18.9. The van der Waals surface area contributed by atoms with Crippen LogP contribution in [0.1, 0.15) is 11.3 Å². The number of nitrogens with one attached hydrogen (secondary N) is 2. The molecule has 9 heteroatoms. The van der Waals surface area contributed by atoms with Crippen LogP contribution in [-0.2, 0) is 17.6 Å². The average Bonchev–Trinajstić information content (AvgIpc) is 3.19. The Balaban J connectivity index is 1.48. The Morgan fingerprint density at radius 1 is 1.31 bits per heavy atom. The summed E-state index contributed by atoms with van der Waals surface area (Å²) in [5, 5.41) is 2.99. The maximum Gasteiger partial charge on any atom is 0.230 e. The Morgan fingerprint density at radius 2 is 2.14 bits per heavy atom. The molecule has 0 bridgehead atoms. The van der Waals surface area contributed by atoms with Gasteiger partial charge in [-0.2, -0.15) is 4.98 Å². The lowest BCUT2D eigenvalue weighted by molar-refractivity contribution is -0.132. The maximum atomic E-state index is 14.3. The summed E-state index contributed by atoms with van der Waals surface area (Å²) in [5.41, 5.74) is 6.44. The van der Waals surface area contributed by atoms with Crippen molar-refractivity contribution in [1.82, 2.24) is 25.3 Å². The number of aromatic nitrogens is 4. The van der Waals surface area contributed by atoms with Crippen LogP contribution in [0.3, 0.4) is 0 Å². The topological polar surface area (TPSA) is 113 Å². The second-order valence-corrected chi connectivity index (χ2v) is 7.27. The molecule has 1 saturated heterocycles. The van der Waals surface area contributed by atoms with Crippen LogP contribution in [0.2, 0.25) is 0 Å². The smallest absolute Gasteiger partial charge is 0.230 e. The monoisotopic (exact) mass is 395 g/mol. The molecule has 1 amide bonds. The minimum absolute atomic E-state index is 0.111. The molecule has 0 saturated carbocycles. The Bertz CT molecular complexity index is 986. The number of hydrogen-bond donors (Lipinski definition) is 3. The summed E-state index contributed by atoms with van der Waals surface area (Å²) < 4.78 is 14.3. The van der Waals surface area contributed by atoms with Crippen LogP contribution in [0.5, 0.6) is 0 Å². The van der Waals surface area contributed by atoms with Gasteiger partial charge >= 0.3 is 0 Å². The van der Waals surface area contributed by atoms with Crippen LogP contribution in [0.4, 0.5) is 16.2 Å². The first-order chi connectivity index (χ1) is 14.1. The van der Waals surface area contributed by atoms with Gasteiger partial charge in [-0.1, -0.05) is 18.2 Å². The van der Waals surface area contributed by atoms with Gasteiger partial charge in [-0.15, -0.1) is 0 Å². The Labute approximate surface area is 167 Å². The number of nitrogens with two attached hydrogens (primary N) is 1. The van der Waals surface area contributed by atoms with Gasteiger partial charge in [0, 0.05) is 44.1 Å². The number of hydrogen-bond acceptors (Lipinski definition) is 6. The molecule has 1 fully saturated rings. The van der Waals surface area contributed by atoms with Crippen LogP contribution < -0.4 is 16.0 Å². The molecule has 150 valence electrons. The van der Waals surface area contributed by atoms with E-state index < -0.39 is 5.41 Å². The van der Waals surface area contributed by atoms with Crippen molar-refractivity contribution in [1.29, 1.82) is 0 Å². The van der Waals surface area contributed by atoms with E-state index in [0.29, 0.717) is 49.8 Å². The Kier molecular flexibility index (Phi) is 5.11. The van der Waals surface area contributed by atoms with Crippen molar-refractivity contribution in [3.63, 3.8) is 0 Å². The quantitative estimate of drug-likeness (QED) is 0.556. The van der Waals surface area contributed by atoms with Crippen molar-refractivity contribution in [2.75, 3.05) is 30.3 Å². The summed E-state index contributed by atoms with van der Waals surface area (Å²) in [7, 11) is 0. The summed E-state index contributed by atoms with van der Waals surface area (Å²) in [4.78, 5) is 30.4. The molecular weight excluding hydrogens is 373 g/mol. The molecule has 2 aromatic heterocycles. The van der Waals surface area contributed by atoms with Gasteiger partial charge < -0.3 is 20.9 Å².